The van der Waals surface area contributed by atoms with Crippen LogP contribution in [-0.4, -0.2) is 15.1 Å². The highest BCUT2D eigenvalue weighted by atomic mass is 16.3. The van der Waals surface area contributed by atoms with Crippen LogP contribution in [-0.2, 0) is 6.42 Å². The molecule has 3 nitrogen and oxygen atoms in total. The highest BCUT2D eigenvalue weighted by molar-refractivity contribution is 5.81. The summed E-state index contributed by atoms with van der Waals surface area (Å²) >= 11 is 0. The van der Waals surface area contributed by atoms with E-state index in [2.05, 4.69) is 9.97 Å². The van der Waals surface area contributed by atoms with Crippen molar-refractivity contribution < 1.29 is 5.11 Å². The van der Waals surface area contributed by atoms with Crippen LogP contribution in [0.1, 0.15) is 18.2 Å². The van der Waals surface area contributed by atoms with E-state index in [0.29, 0.717) is 5.52 Å². The number of pyridine rings is 2. The maximum atomic E-state index is 9.78. The molecule has 72 valence electrons. The van der Waals surface area contributed by atoms with Crippen LogP contribution >= 0.6 is 0 Å². The third-order valence-electron chi connectivity index (χ3n) is 2.29. The van der Waals surface area contributed by atoms with Crippen molar-refractivity contribution in [1.82, 2.24) is 9.97 Å². The maximum absolute atomic E-state index is 9.78. The van der Waals surface area contributed by atoms with Gasteiger partial charge in [0.25, 0.3) is 0 Å². The van der Waals surface area contributed by atoms with Crippen molar-refractivity contribution >= 4 is 11.0 Å². The Balaban J connectivity index is 2.78. The molecule has 1 N–H and O–H groups in total. The number of hydrogen-bond acceptors (Lipinski definition) is 3. The molecule has 0 amide bonds. The Morgan fingerprint density at radius 2 is 2.14 bits per heavy atom. The van der Waals surface area contributed by atoms with Gasteiger partial charge in [-0.05, 0) is 25.5 Å². The summed E-state index contributed by atoms with van der Waals surface area (Å²) in [5.41, 5.74) is 3.08. The third-order valence-corrected chi connectivity index (χ3v) is 2.29. The molecular weight excluding hydrogens is 176 g/mol. The first-order chi connectivity index (χ1) is 6.72. The zero-order chi connectivity index (χ0) is 10.1. The minimum Gasteiger partial charge on any atom is -0.505 e. The van der Waals surface area contributed by atoms with Crippen LogP contribution in [0, 0.1) is 6.92 Å². The van der Waals surface area contributed by atoms with Crippen LogP contribution in [0.3, 0.4) is 0 Å². The van der Waals surface area contributed by atoms with Gasteiger partial charge in [-0.25, -0.2) is 4.98 Å². The summed E-state index contributed by atoms with van der Waals surface area (Å²) in [5, 5.41) is 9.78. The molecule has 0 aliphatic heterocycles. The number of aromatic nitrogens is 2. The molecule has 2 heterocycles. The molecule has 0 bridgehead atoms. The van der Waals surface area contributed by atoms with Gasteiger partial charge in [0.1, 0.15) is 11.3 Å². The minimum atomic E-state index is 0.241. The first-order valence-electron chi connectivity index (χ1n) is 4.66. The standard InChI is InChI=1S/C11H12N2O/c1-3-8-4-5-9-10(13-8)11(14)7(2)6-12-9/h4-6H,3H2,1-2H3,(H,12,14). The molecule has 0 radical (unpaired) electrons. The Kier molecular flexibility index (Phi) is 2.08. The number of hydrogen-bond donors (Lipinski definition) is 1. The van der Waals surface area contributed by atoms with Gasteiger partial charge in [-0.15, -0.1) is 0 Å². The van der Waals surface area contributed by atoms with Crippen LogP contribution in [0.2, 0.25) is 0 Å². The molecule has 3 heteroatoms. The quantitative estimate of drug-likeness (QED) is 0.746. The lowest BCUT2D eigenvalue weighted by Crippen LogP contribution is -1.91. The van der Waals surface area contributed by atoms with Crippen molar-refractivity contribution in [2.75, 3.05) is 0 Å². The van der Waals surface area contributed by atoms with E-state index in [1.54, 1.807) is 6.20 Å². The number of aromatic hydroxyl groups is 1. The van der Waals surface area contributed by atoms with Crippen molar-refractivity contribution in [3.8, 4) is 5.75 Å². The topological polar surface area (TPSA) is 46.0 Å². The van der Waals surface area contributed by atoms with Gasteiger partial charge in [0.15, 0.2) is 0 Å². The third kappa shape index (κ3) is 1.31. The van der Waals surface area contributed by atoms with Gasteiger partial charge in [-0.1, -0.05) is 6.92 Å². The fourth-order valence-corrected chi connectivity index (χ4v) is 1.38. The van der Waals surface area contributed by atoms with E-state index in [9.17, 15) is 5.11 Å². The largest absolute Gasteiger partial charge is 0.505 e. The van der Waals surface area contributed by atoms with Crippen molar-refractivity contribution in [2.45, 2.75) is 20.3 Å². The average Bonchev–Trinajstić information content (AvgIpc) is 2.23. The Morgan fingerprint density at radius 3 is 2.86 bits per heavy atom. The van der Waals surface area contributed by atoms with Gasteiger partial charge in [0, 0.05) is 17.5 Å². The summed E-state index contributed by atoms with van der Waals surface area (Å²) in [6.07, 6.45) is 2.52. The van der Waals surface area contributed by atoms with Gasteiger partial charge in [-0.2, -0.15) is 0 Å². The number of nitrogens with zero attached hydrogens (tertiary/aromatic N) is 2. The van der Waals surface area contributed by atoms with Crippen LogP contribution in [0.25, 0.3) is 11.0 Å². The summed E-state index contributed by atoms with van der Waals surface area (Å²) in [4.78, 5) is 8.54. The number of rotatable bonds is 1. The predicted octanol–water partition coefficient (Wildman–Crippen LogP) is 2.21. The fraction of sp³-hybridized carbons (Fsp3) is 0.273. The Hall–Kier alpha value is -1.64. The first kappa shape index (κ1) is 8.94. The molecule has 0 fully saturated rings. The smallest absolute Gasteiger partial charge is 0.147 e. The molecule has 0 aliphatic rings. The summed E-state index contributed by atoms with van der Waals surface area (Å²) < 4.78 is 0. The van der Waals surface area contributed by atoms with Crippen molar-refractivity contribution in [2.24, 2.45) is 0 Å². The Morgan fingerprint density at radius 1 is 1.36 bits per heavy atom. The molecule has 2 aromatic heterocycles. The van der Waals surface area contributed by atoms with Crippen LogP contribution in [0.5, 0.6) is 5.75 Å². The van der Waals surface area contributed by atoms with Gasteiger partial charge in [0.05, 0.1) is 5.52 Å². The van der Waals surface area contributed by atoms with E-state index < -0.39 is 0 Å². The molecule has 0 unspecified atom stereocenters. The number of aryl methyl sites for hydroxylation is 2. The van der Waals surface area contributed by atoms with E-state index in [0.717, 1.165) is 23.2 Å². The van der Waals surface area contributed by atoms with Crippen molar-refractivity contribution in [3.05, 3.63) is 29.6 Å². The fourth-order valence-electron chi connectivity index (χ4n) is 1.38. The minimum absolute atomic E-state index is 0.241. The van der Waals surface area contributed by atoms with E-state index in [1.807, 2.05) is 26.0 Å². The lowest BCUT2D eigenvalue weighted by molar-refractivity contribution is 0.475. The van der Waals surface area contributed by atoms with E-state index >= 15 is 0 Å². The highest BCUT2D eigenvalue weighted by Crippen LogP contribution is 2.24. The zero-order valence-corrected chi connectivity index (χ0v) is 8.28. The normalized spacial score (nSPS) is 10.7. The lowest BCUT2D eigenvalue weighted by atomic mass is 10.2. The van der Waals surface area contributed by atoms with Gasteiger partial charge < -0.3 is 5.11 Å². The molecule has 0 saturated carbocycles. The molecule has 14 heavy (non-hydrogen) atoms. The predicted molar refractivity (Wildman–Crippen MR) is 55.3 cm³/mol. The van der Waals surface area contributed by atoms with E-state index in [1.165, 1.54) is 0 Å². The summed E-state index contributed by atoms with van der Waals surface area (Å²) in [5.74, 6) is 0.241. The molecule has 2 rings (SSSR count). The Labute approximate surface area is 82.4 Å². The monoisotopic (exact) mass is 188 g/mol. The Bertz CT molecular complexity index is 480. The van der Waals surface area contributed by atoms with E-state index in [-0.39, 0.29) is 5.75 Å². The van der Waals surface area contributed by atoms with Crippen LogP contribution in [0.15, 0.2) is 18.3 Å². The summed E-state index contributed by atoms with van der Waals surface area (Å²) in [6, 6.07) is 3.82. The maximum Gasteiger partial charge on any atom is 0.147 e. The van der Waals surface area contributed by atoms with Crippen LogP contribution in [0.4, 0.5) is 0 Å². The highest BCUT2D eigenvalue weighted by Gasteiger charge is 2.05. The van der Waals surface area contributed by atoms with Crippen molar-refractivity contribution in [3.63, 3.8) is 0 Å². The second-order valence-corrected chi connectivity index (χ2v) is 3.31. The van der Waals surface area contributed by atoms with E-state index in [4.69, 9.17) is 0 Å². The lowest BCUT2D eigenvalue weighted by Gasteiger charge is -2.03. The molecular formula is C11H12N2O. The molecule has 2 aromatic rings. The second-order valence-electron chi connectivity index (χ2n) is 3.31. The second kappa shape index (κ2) is 3.25. The summed E-state index contributed by atoms with van der Waals surface area (Å²) in [6.45, 7) is 3.86. The molecule has 0 atom stereocenters. The van der Waals surface area contributed by atoms with Gasteiger partial charge in [0.2, 0.25) is 0 Å². The molecule has 0 spiro atoms. The van der Waals surface area contributed by atoms with Crippen LogP contribution < -0.4 is 0 Å². The summed E-state index contributed by atoms with van der Waals surface area (Å²) in [7, 11) is 0. The number of fused-ring (bicyclic) bond motifs is 1. The SMILES string of the molecule is CCc1ccc2ncc(C)c(O)c2n1. The first-order valence-corrected chi connectivity index (χ1v) is 4.66. The average molecular weight is 188 g/mol. The molecule has 0 saturated heterocycles. The van der Waals surface area contributed by atoms with Gasteiger partial charge >= 0.3 is 0 Å². The molecule has 0 aliphatic carbocycles. The zero-order valence-electron chi connectivity index (χ0n) is 8.28. The van der Waals surface area contributed by atoms with Gasteiger partial charge in [-0.3, -0.25) is 4.98 Å². The van der Waals surface area contributed by atoms with Crippen molar-refractivity contribution in [1.29, 1.82) is 0 Å². The molecule has 0 aromatic carbocycles.